The molecule has 2 N–H and O–H groups in total. The molecule has 0 bridgehead atoms. The van der Waals surface area contributed by atoms with Crippen LogP contribution in [0.1, 0.15) is 12.8 Å². The molecule has 2 fully saturated rings. The molecule has 0 aromatic heterocycles. The van der Waals surface area contributed by atoms with Crippen LogP contribution < -0.4 is 5.32 Å². The van der Waals surface area contributed by atoms with E-state index in [0.717, 1.165) is 26.1 Å². The molecule has 1 heterocycles. The van der Waals surface area contributed by atoms with Gasteiger partial charge in [-0.3, -0.25) is 4.79 Å². The maximum absolute atomic E-state index is 11.3. The van der Waals surface area contributed by atoms with E-state index in [1.54, 1.807) is 18.8 Å². The minimum absolute atomic E-state index is 0.313. The highest BCUT2D eigenvalue weighted by atomic mass is 32.2. The molecular weight excluding hydrogens is 214 g/mol. The van der Waals surface area contributed by atoms with Crippen LogP contribution in [0.15, 0.2) is 0 Å². The van der Waals surface area contributed by atoms with Crippen molar-refractivity contribution in [3.8, 4) is 0 Å². The molecule has 0 radical (unpaired) electrons. The number of nitrogens with one attached hydrogen (secondary N) is 1. The van der Waals surface area contributed by atoms with Gasteiger partial charge in [-0.05, 0) is 25.8 Å². The van der Waals surface area contributed by atoms with Crippen molar-refractivity contribution in [1.29, 1.82) is 0 Å². The van der Waals surface area contributed by atoms with Gasteiger partial charge in [0.05, 0.1) is 18.5 Å². The van der Waals surface area contributed by atoms with E-state index in [2.05, 4.69) is 5.32 Å². The van der Waals surface area contributed by atoms with Crippen LogP contribution in [-0.2, 0) is 9.53 Å². The van der Waals surface area contributed by atoms with E-state index >= 15 is 0 Å². The Bertz CT molecular complexity index is 253. The zero-order valence-corrected chi connectivity index (χ0v) is 9.68. The van der Waals surface area contributed by atoms with Crippen molar-refractivity contribution < 1.29 is 14.6 Å². The Morgan fingerprint density at radius 3 is 2.60 bits per heavy atom. The summed E-state index contributed by atoms with van der Waals surface area (Å²) in [6, 6.07) is 0. The van der Waals surface area contributed by atoms with Crippen molar-refractivity contribution in [3.63, 3.8) is 0 Å². The summed E-state index contributed by atoms with van der Waals surface area (Å²) in [4.78, 5) is 11.3. The zero-order valence-electron chi connectivity index (χ0n) is 8.86. The molecule has 4 nitrogen and oxygen atoms in total. The highest BCUT2D eigenvalue weighted by Gasteiger charge is 2.50. The number of carboxylic acids is 1. The Labute approximate surface area is 93.8 Å². The van der Waals surface area contributed by atoms with Gasteiger partial charge in [0.1, 0.15) is 5.54 Å². The second-order valence-electron chi connectivity index (χ2n) is 4.27. The second-order valence-corrected chi connectivity index (χ2v) is 5.56. The summed E-state index contributed by atoms with van der Waals surface area (Å²) in [7, 11) is 1.75. The summed E-state index contributed by atoms with van der Waals surface area (Å²) in [5, 5.41) is 12.8. The Balaban J connectivity index is 1.93. The van der Waals surface area contributed by atoms with Gasteiger partial charge in [0.25, 0.3) is 0 Å². The highest BCUT2D eigenvalue weighted by Crippen LogP contribution is 2.42. The van der Waals surface area contributed by atoms with Gasteiger partial charge in [0.2, 0.25) is 0 Å². The van der Waals surface area contributed by atoms with Gasteiger partial charge in [-0.25, -0.2) is 0 Å². The second kappa shape index (κ2) is 4.31. The lowest BCUT2D eigenvalue weighted by Gasteiger charge is -2.33. The van der Waals surface area contributed by atoms with Crippen LogP contribution in [0.5, 0.6) is 0 Å². The fourth-order valence-electron chi connectivity index (χ4n) is 1.87. The van der Waals surface area contributed by atoms with Crippen LogP contribution in [0.3, 0.4) is 0 Å². The fourth-order valence-corrected chi connectivity index (χ4v) is 3.26. The molecule has 1 saturated heterocycles. The zero-order chi connectivity index (χ0) is 10.9. The lowest BCUT2D eigenvalue weighted by molar-refractivity contribution is -0.144. The summed E-state index contributed by atoms with van der Waals surface area (Å²) in [6.45, 7) is 1.55. The Morgan fingerprint density at radius 2 is 2.27 bits per heavy atom. The Morgan fingerprint density at radius 1 is 1.60 bits per heavy atom. The number of rotatable bonds is 6. The molecule has 1 aliphatic carbocycles. The van der Waals surface area contributed by atoms with Gasteiger partial charge in [-0.2, -0.15) is 11.8 Å². The Hall–Kier alpha value is -0.260. The van der Waals surface area contributed by atoms with Crippen molar-refractivity contribution in [3.05, 3.63) is 0 Å². The minimum atomic E-state index is -0.708. The molecule has 0 aromatic carbocycles. The van der Waals surface area contributed by atoms with Gasteiger partial charge in [0, 0.05) is 5.75 Å². The molecule has 2 rings (SSSR count). The first-order valence-electron chi connectivity index (χ1n) is 5.30. The molecule has 2 aliphatic rings. The van der Waals surface area contributed by atoms with Crippen molar-refractivity contribution in [1.82, 2.24) is 5.32 Å². The van der Waals surface area contributed by atoms with E-state index in [4.69, 9.17) is 4.74 Å². The lowest BCUT2D eigenvalue weighted by atomic mass is 9.96. The molecule has 0 amide bonds. The summed E-state index contributed by atoms with van der Waals surface area (Å²) < 4.78 is 5.08. The summed E-state index contributed by atoms with van der Waals surface area (Å²) in [6.07, 6.45) is 2.07. The molecule has 0 spiro atoms. The first kappa shape index (κ1) is 11.2. The number of aliphatic carboxylic acids is 1. The van der Waals surface area contributed by atoms with Crippen molar-refractivity contribution >= 4 is 17.7 Å². The third-order valence-corrected chi connectivity index (χ3v) is 4.62. The number of thioether (sulfide) groups is 1. The van der Waals surface area contributed by atoms with Gasteiger partial charge in [-0.15, -0.1) is 0 Å². The van der Waals surface area contributed by atoms with Crippen LogP contribution >= 0.6 is 11.8 Å². The van der Waals surface area contributed by atoms with Crippen LogP contribution in [0.25, 0.3) is 0 Å². The van der Waals surface area contributed by atoms with E-state index in [0.29, 0.717) is 16.9 Å². The average Bonchev–Trinajstić information content (AvgIpc) is 2.92. The summed E-state index contributed by atoms with van der Waals surface area (Å²) >= 11 is 1.72. The normalized spacial score (nSPS) is 25.7. The maximum atomic E-state index is 11.3. The fraction of sp³-hybridized carbons (Fsp3) is 0.900. The monoisotopic (exact) mass is 231 g/mol. The van der Waals surface area contributed by atoms with Crippen LogP contribution in [0.2, 0.25) is 0 Å². The number of carbonyl (C=O) groups is 1. The van der Waals surface area contributed by atoms with E-state index in [1.165, 1.54) is 0 Å². The van der Waals surface area contributed by atoms with E-state index in [1.807, 2.05) is 0 Å². The summed E-state index contributed by atoms with van der Waals surface area (Å²) in [5.41, 5.74) is -0.708. The molecule has 15 heavy (non-hydrogen) atoms. The van der Waals surface area contributed by atoms with E-state index in [9.17, 15) is 9.90 Å². The SMILES string of the molecule is CNC(CSC1COC1)(C(=O)O)C1CC1. The molecule has 1 unspecified atom stereocenters. The number of hydrogen-bond donors (Lipinski definition) is 2. The molecular formula is C10H17NO3S. The first-order chi connectivity index (χ1) is 7.19. The molecule has 1 saturated carbocycles. The van der Waals surface area contributed by atoms with E-state index < -0.39 is 11.5 Å². The number of likely N-dealkylation sites (N-methyl/N-ethyl adjacent to an activating group) is 1. The quantitative estimate of drug-likeness (QED) is 0.700. The third-order valence-electron chi connectivity index (χ3n) is 3.26. The molecule has 5 heteroatoms. The topological polar surface area (TPSA) is 58.6 Å². The number of ether oxygens (including phenoxy) is 1. The molecule has 1 aliphatic heterocycles. The largest absolute Gasteiger partial charge is 0.480 e. The maximum Gasteiger partial charge on any atom is 0.325 e. The van der Waals surface area contributed by atoms with Crippen molar-refractivity contribution in [2.24, 2.45) is 5.92 Å². The molecule has 1 atom stereocenters. The highest BCUT2D eigenvalue weighted by molar-refractivity contribution is 8.00. The van der Waals surface area contributed by atoms with Crippen LogP contribution in [-0.4, -0.2) is 47.9 Å². The predicted molar refractivity (Wildman–Crippen MR) is 59.2 cm³/mol. The lowest BCUT2D eigenvalue weighted by Crippen LogP contribution is -2.55. The van der Waals surface area contributed by atoms with Gasteiger partial charge in [0.15, 0.2) is 0 Å². The van der Waals surface area contributed by atoms with Crippen LogP contribution in [0, 0.1) is 5.92 Å². The number of hydrogen-bond acceptors (Lipinski definition) is 4. The van der Waals surface area contributed by atoms with Crippen molar-refractivity contribution in [2.75, 3.05) is 26.0 Å². The first-order valence-corrected chi connectivity index (χ1v) is 6.35. The number of carboxylic acid groups (broad SMARTS) is 1. The standard InChI is InChI=1S/C10H17NO3S/c1-11-10(9(12)13,7-2-3-7)6-15-8-4-14-5-8/h7-8,11H,2-6H2,1H3,(H,12,13). The minimum Gasteiger partial charge on any atom is -0.480 e. The molecule has 86 valence electrons. The predicted octanol–water partition coefficient (Wildman–Crippen LogP) is 0.571. The van der Waals surface area contributed by atoms with Crippen molar-refractivity contribution in [2.45, 2.75) is 23.6 Å². The smallest absolute Gasteiger partial charge is 0.325 e. The Kier molecular flexibility index (Phi) is 3.23. The van der Waals surface area contributed by atoms with Gasteiger partial charge >= 0.3 is 5.97 Å². The van der Waals surface area contributed by atoms with Gasteiger partial charge in [-0.1, -0.05) is 0 Å². The van der Waals surface area contributed by atoms with Gasteiger partial charge < -0.3 is 15.2 Å². The summed E-state index contributed by atoms with van der Waals surface area (Å²) in [5.74, 6) is 0.256. The molecule has 0 aromatic rings. The average molecular weight is 231 g/mol. The third kappa shape index (κ3) is 2.14. The van der Waals surface area contributed by atoms with E-state index in [-0.39, 0.29) is 0 Å². The van der Waals surface area contributed by atoms with Crippen LogP contribution in [0.4, 0.5) is 0 Å².